The molecule has 1 rings (SSSR count). The van der Waals surface area contributed by atoms with Crippen molar-refractivity contribution in [3.63, 3.8) is 0 Å². The second kappa shape index (κ2) is 6.26. The Hall–Kier alpha value is -0.380. The van der Waals surface area contributed by atoms with Crippen LogP contribution in [-0.2, 0) is 0 Å². The average Bonchev–Trinajstić information content (AvgIpc) is 2.25. The van der Waals surface area contributed by atoms with Crippen molar-refractivity contribution in [1.29, 1.82) is 0 Å². The van der Waals surface area contributed by atoms with Crippen LogP contribution in [0.4, 0.5) is 0 Å². The molecule has 1 atom stereocenters. The molecule has 3 heteroatoms. The van der Waals surface area contributed by atoms with Crippen LogP contribution in [-0.4, -0.2) is 30.1 Å². The van der Waals surface area contributed by atoms with E-state index in [4.69, 9.17) is 0 Å². The maximum absolute atomic E-state index is 9.94. The minimum atomic E-state index is -0.364. The molecule has 0 fully saturated rings. The zero-order valence-electron chi connectivity index (χ0n) is 9.28. The van der Waals surface area contributed by atoms with Gasteiger partial charge in [-0.25, -0.2) is 0 Å². The van der Waals surface area contributed by atoms with Crippen molar-refractivity contribution in [2.45, 2.75) is 19.4 Å². The first-order valence-electron chi connectivity index (χ1n) is 5.25. The Kier molecular flexibility index (Phi) is 5.29. The molecule has 0 heterocycles. The Bertz CT molecular complexity index is 303. The lowest BCUT2D eigenvalue weighted by molar-refractivity contribution is 0.150. The smallest absolute Gasteiger partial charge is 0.0802 e. The van der Waals surface area contributed by atoms with Crippen molar-refractivity contribution >= 4 is 15.9 Å². The van der Waals surface area contributed by atoms with Crippen LogP contribution in [0.2, 0.25) is 0 Å². The van der Waals surface area contributed by atoms with E-state index in [1.54, 1.807) is 0 Å². The van der Waals surface area contributed by atoms with E-state index < -0.39 is 0 Å². The summed E-state index contributed by atoms with van der Waals surface area (Å²) in [6, 6.07) is 7.85. The second-order valence-corrected chi connectivity index (χ2v) is 4.67. The van der Waals surface area contributed by atoms with Crippen LogP contribution in [0, 0.1) is 0 Å². The third kappa shape index (κ3) is 4.33. The van der Waals surface area contributed by atoms with E-state index in [1.165, 1.54) is 0 Å². The van der Waals surface area contributed by atoms with E-state index in [0.717, 1.165) is 29.5 Å². The quantitative estimate of drug-likeness (QED) is 0.891. The summed E-state index contributed by atoms with van der Waals surface area (Å²) < 4.78 is 1.02. The molecule has 0 aliphatic carbocycles. The monoisotopic (exact) mass is 271 g/mol. The van der Waals surface area contributed by atoms with E-state index in [1.807, 2.05) is 24.3 Å². The molecular formula is C12H18BrNO. The van der Waals surface area contributed by atoms with Crippen molar-refractivity contribution in [3.8, 4) is 0 Å². The number of hydrogen-bond acceptors (Lipinski definition) is 2. The van der Waals surface area contributed by atoms with E-state index in [-0.39, 0.29) is 6.10 Å². The van der Waals surface area contributed by atoms with Crippen LogP contribution in [0.1, 0.15) is 25.0 Å². The first-order chi connectivity index (χ1) is 7.13. The normalized spacial score (nSPS) is 13.1. The second-order valence-electron chi connectivity index (χ2n) is 3.76. The number of hydrogen-bond donors (Lipinski definition) is 1. The maximum Gasteiger partial charge on any atom is 0.0802 e. The van der Waals surface area contributed by atoms with Crippen molar-refractivity contribution in [3.05, 3.63) is 34.3 Å². The van der Waals surface area contributed by atoms with Crippen LogP contribution in [0.5, 0.6) is 0 Å². The van der Waals surface area contributed by atoms with Crippen LogP contribution in [0.15, 0.2) is 28.7 Å². The van der Waals surface area contributed by atoms with Gasteiger partial charge in [-0.2, -0.15) is 0 Å². The zero-order valence-corrected chi connectivity index (χ0v) is 10.9. The third-order valence-electron chi connectivity index (χ3n) is 2.56. The fraction of sp³-hybridized carbons (Fsp3) is 0.500. The van der Waals surface area contributed by atoms with Crippen LogP contribution < -0.4 is 0 Å². The summed E-state index contributed by atoms with van der Waals surface area (Å²) in [6.45, 7) is 4.06. The van der Waals surface area contributed by atoms with Gasteiger partial charge >= 0.3 is 0 Å². The molecule has 15 heavy (non-hydrogen) atoms. The van der Waals surface area contributed by atoms with Gasteiger partial charge in [-0.05, 0) is 37.7 Å². The predicted octanol–water partition coefficient (Wildman–Crippen LogP) is 2.82. The Labute approximate surface area is 100 Å². The van der Waals surface area contributed by atoms with Gasteiger partial charge in [0.2, 0.25) is 0 Å². The number of rotatable bonds is 5. The summed E-state index contributed by atoms with van der Waals surface area (Å²) in [5, 5.41) is 9.94. The van der Waals surface area contributed by atoms with Gasteiger partial charge in [0.05, 0.1) is 6.10 Å². The van der Waals surface area contributed by atoms with Gasteiger partial charge in [0.15, 0.2) is 0 Å². The number of nitrogens with zero attached hydrogens (tertiary/aromatic N) is 1. The van der Waals surface area contributed by atoms with Gasteiger partial charge in [-0.15, -0.1) is 0 Å². The number of benzene rings is 1. The minimum absolute atomic E-state index is 0.364. The molecule has 0 saturated heterocycles. The van der Waals surface area contributed by atoms with Crippen molar-refractivity contribution in [2.24, 2.45) is 0 Å². The molecular weight excluding hydrogens is 254 g/mol. The van der Waals surface area contributed by atoms with Crippen LogP contribution >= 0.6 is 15.9 Å². The van der Waals surface area contributed by atoms with E-state index in [9.17, 15) is 5.11 Å². The minimum Gasteiger partial charge on any atom is -0.388 e. The SMILES string of the molecule is CCN(C)CCC(O)c1cccc(Br)c1. The molecule has 1 aromatic rings. The zero-order chi connectivity index (χ0) is 11.3. The Morgan fingerprint density at radius 3 is 2.80 bits per heavy atom. The molecule has 2 nitrogen and oxygen atoms in total. The molecule has 0 bridgehead atoms. The average molecular weight is 272 g/mol. The standard InChI is InChI=1S/C12H18BrNO/c1-3-14(2)8-7-12(15)10-5-4-6-11(13)9-10/h4-6,9,12,15H,3,7-8H2,1-2H3. The highest BCUT2D eigenvalue weighted by atomic mass is 79.9. The number of halogens is 1. The third-order valence-corrected chi connectivity index (χ3v) is 3.05. The van der Waals surface area contributed by atoms with Gasteiger partial charge in [-0.1, -0.05) is 35.0 Å². The Morgan fingerprint density at radius 1 is 1.47 bits per heavy atom. The topological polar surface area (TPSA) is 23.5 Å². The molecule has 1 unspecified atom stereocenters. The van der Waals surface area contributed by atoms with Crippen LogP contribution in [0.3, 0.4) is 0 Å². The Balaban J connectivity index is 2.50. The van der Waals surface area contributed by atoms with Gasteiger partial charge in [-0.3, -0.25) is 0 Å². The van der Waals surface area contributed by atoms with Gasteiger partial charge in [0, 0.05) is 11.0 Å². The molecule has 1 aromatic carbocycles. The van der Waals surface area contributed by atoms with E-state index in [0.29, 0.717) is 0 Å². The maximum atomic E-state index is 9.94. The summed E-state index contributed by atoms with van der Waals surface area (Å²) >= 11 is 3.40. The summed E-state index contributed by atoms with van der Waals surface area (Å²) in [5.74, 6) is 0. The highest BCUT2D eigenvalue weighted by Gasteiger charge is 2.08. The summed E-state index contributed by atoms with van der Waals surface area (Å²) in [5.41, 5.74) is 0.980. The Morgan fingerprint density at radius 2 is 2.20 bits per heavy atom. The fourth-order valence-electron chi connectivity index (χ4n) is 1.38. The van der Waals surface area contributed by atoms with Crippen molar-refractivity contribution in [2.75, 3.05) is 20.1 Å². The number of aliphatic hydroxyl groups is 1. The van der Waals surface area contributed by atoms with Gasteiger partial charge in [0.1, 0.15) is 0 Å². The first-order valence-corrected chi connectivity index (χ1v) is 6.05. The molecule has 0 aliphatic heterocycles. The largest absolute Gasteiger partial charge is 0.388 e. The lowest BCUT2D eigenvalue weighted by Crippen LogP contribution is -2.20. The molecule has 1 N–H and O–H groups in total. The lowest BCUT2D eigenvalue weighted by Gasteiger charge is -2.17. The van der Waals surface area contributed by atoms with Gasteiger partial charge < -0.3 is 10.0 Å². The lowest BCUT2D eigenvalue weighted by atomic mass is 10.1. The summed E-state index contributed by atoms with van der Waals surface area (Å²) in [4.78, 5) is 2.20. The van der Waals surface area contributed by atoms with E-state index >= 15 is 0 Å². The molecule has 0 aromatic heterocycles. The molecule has 0 aliphatic rings. The molecule has 0 spiro atoms. The number of aliphatic hydroxyl groups excluding tert-OH is 1. The highest BCUT2D eigenvalue weighted by molar-refractivity contribution is 9.10. The first kappa shape index (κ1) is 12.7. The molecule has 0 amide bonds. The molecule has 0 radical (unpaired) electrons. The van der Waals surface area contributed by atoms with Crippen molar-refractivity contribution < 1.29 is 5.11 Å². The fourth-order valence-corrected chi connectivity index (χ4v) is 1.80. The highest BCUT2D eigenvalue weighted by Crippen LogP contribution is 2.20. The van der Waals surface area contributed by atoms with Crippen molar-refractivity contribution in [1.82, 2.24) is 4.90 Å². The predicted molar refractivity (Wildman–Crippen MR) is 66.9 cm³/mol. The molecule has 0 saturated carbocycles. The van der Waals surface area contributed by atoms with E-state index in [2.05, 4.69) is 34.8 Å². The van der Waals surface area contributed by atoms with Crippen LogP contribution in [0.25, 0.3) is 0 Å². The van der Waals surface area contributed by atoms with Gasteiger partial charge in [0.25, 0.3) is 0 Å². The summed E-state index contributed by atoms with van der Waals surface area (Å²) in [7, 11) is 2.06. The summed E-state index contributed by atoms with van der Waals surface area (Å²) in [6.07, 6.45) is 0.414. The molecule has 84 valence electrons.